The molecule has 0 amide bonds. The highest BCUT2D eigenvalue weighted by molar-refractivity contribution is 6.11. The predicted molar refractivity (Wildman–Crippen MR) is 136 cm³/mol. The first-order chi connectivity index (χ1) is 17.0. The van der Waals surface area contributed by atoms with Crippen LogP contribution in [0.1, 0.15) is 29.9 Å². The van der Waals surface area contributed by atoms with Crippen LogP contribution in [0.4, 0.5) is 5.69 Å². The van der Waals surface area contributed by atoms with Crippen LogP contribution in [0.3, 0.4) is 0 Å². The van der Waals surface area contributed by atoms with Crippen molar-refractivity contribution in [2.24, 2.45) is 0 Å². The number of benzene rings is 2. The number of H-pyrrole nitrogens is 1. The van der Waals surface area contributed by atoms with Crippen molar-refractivity contribution >= 4 is 33.5 Å². The third kappa shape index (κ3) is 4.80. The second-order valence-electron chi connectivity index (χ2n) is 8.93. The van der Waals surface area contributed by atoms with Gasteiger partial charge in [0.05, 0.1) is 24.4 Å². The Hall–Kier alpha value is -3.62. The number of piperazine rings is 1. The van der Waals surface area contributed by atoms with E-state index in [2.05, 4.69) is 32.3 Å². The molecule has 4 aromatic rings. The molecule has 0 atom stereocenters. The van der Waals surface area contributed by atoms with Crippen LogP contribution >= 0.6 is 0 Å². The van der Waals surface area contributed by atoms with E-state index in [9.17, 15) is 4.79 Å². The van der Waals surface area contributed by atoms with Crippen LogP contribution in [0.25, 0.3) is 21.8 Å². The van der Waals surface area contributed by atoms with Crippen LogP contribution < -0.4 is 15.0 Å². The zero-order valence-electron chi connectivity index (χ0n) is 20.3. The Morgan fingerprint density at radius 2 is 1.80 bits per heavy atom. The third-order valence-corrected chi connectivity index (χ3v) is 6.09. The Balaban J connectivity index is 1.48. The van der Waals surface area contributed by atoms with Crippen LogP contribution in [0.15, 0.2) is 48.7 Å². The van der Waals surface area contributed by atoms with E-state index in [1.807, 2.05) is 44.2 Å². The number of aromatic amines is 1. The lowest BCUT2D eigenvalue weighted by molar-refractivity contribution is 0.0366. The summed E-state index contributed by atoms with van der Waals surface area (Å²) >= 11 is 0. The summed E-state index contributed by atoms with van der Waals surface area (Å²) in [6.45, 7) is 7.88. The first kappa shape index (κ1) is 23.1. The lowest BCUT2D eigenvalue weighted by Crippen LogP contribution is -2.43. The molecule has 0 bridgehead atoms. The van der Waals surface area contributed by atoms with Gasteiger partial charge in [0, 0.05) is 60.8 Å². The van der Waals surface area contributed by atoms with Crippen molar-refractivity contribution in [3.8, 4) is 11.5 Å². The molecular weight excluding hydrogens is 444 g/mol. The molecule has 5 rings (SSSR count). The maximum Gasteiger partial charge on any atom is 0.357 e. The summed E-state index contributed by atoms with van der Waals surface area (Å²) in [6.07, 6.45) is 1.43. The molecule has 8 nitrogen and oxygen atoms in total. The fourth-order valence-electron chi connectivity index (χ4n) is 4.52. The van der Waals surface area contributed by atoms with Gasteiger partial charge in [0.1, 0.15) is 11.5 Å². The van der Waals surface area contributed by atoms with E-state index in [1.165, 1.54) is 5.69 Å². The van der Waals surface area contributed by atoms with Gasteiger partial charge in [-0.15, -0.1) is 0 Å². The van der Waals surface area contributed by atoms with Crippen molar-refractivity contribution in [2.75, 3.05) is 38.2 Å². The van der Waals surface area contributed by atoms with Gasteiger partial charge < -0.3 is 29.4 Å². The van der Waals surface area contributed by atoms with Gasteiger partial charge in [-0.2, -0.15) is 0 Å². The smallest absolute Gasteiger partial charge is 0.357 e. The fraction of sp³-hybridized carbons (Fsp3) is 0.333. The molecule has 0 aliphatic carbocycles. The summed E-state index contributed by atoms with van der Waals surface area (Å²) in [7, 11) is 1.60. The van der Waals surface area contributed by atoms with E-state index in [0.29, 0.717) is 11.3 Å². The van der Waals surface area contributed by atoms with E-state index in [0.717, 1.165) is 53.7 Å². The van der Waals surface area contributed by atoms with Gasteiger partial charge in [-0.05, 0) is 56.3 Å². The number of hydrogen-bond donors (Lipinski definition) is 2. The number of anilines is 1. The quantitative estimate of drug-likeness (QED) is 0.378. The molecule has 0 spiro atoms. The van der Waals surface area contributed by atoms with E-state index in [-0.39, 0.29) is 18.4 Å². The number of esters is 1. The molecule has 8 heteroatoms. The average molecular weight is 475 g/mol. The van der Waals surface area contributed by atoms with E-state index in [4.69, 9.17) is 14.2 Å². The molecule has 35 heavy (non-hydrogen) atoms. The van der Waals surface area contributed by atoms with Gasteiger partial charge in [-0.25, -0.2) is 9.78 Å². The molecule has 0 saturated carbocycles. The number of rotatable bonds is 7. The standard InChI is InChI=1S/C27H30N4O4/c1-17(2)34-27(32)26-22(16-33-3)25-21-14-20(8-9-23(21)30-24(25)15-29-26)35-19-6-4-18(5-7-19)31-12-10-28-11-13-31/h4-9,14-15,17,28,30H,10-13,16H2,1-3H3. The van der Waals surface area contributed by atoms with Gasteiger partial charge in [-0.1, -0.05) is 0 Å². The van der Waals surface area contributed by atoms with Gasteiger partial charge >= 0.3 is 5.97 Å². The van der Waals surface area contributed by atoms with E-state index in [1.54, 1.807) is 13.3 Å². The van der Waals surface area contributed by atoms with E-state index < -0.39 is 5.97 Å². The highest BCUT2D eigenvalue weighted by atomic mass is 16.5. The van der Waals surface area contributed by atoms with Crippen LogP contribution in [0.2, 0.25) is 0 Å². The minimum atomic E-state index is -0.458. The van der Waals surface area contributed by atoms with Crippen molar-refractivity contribution in [1.29, 1.82) is 0 Å². The van der Waals surface area contributed by atoms with Crippen LogP contribution in [-0.2, 0) is 16.1 Å². The number of nitrogens with one attached hydrogen (secondary N) is 2. The summed E-state index contributed by atoms with van der Waals surface area (Å²) in [5.41, 5.74) is 3.91. The number of nitrogens with zero attached hydrogens (tertiary/aromatic N) is 2. The Bertz CT molecular complexity index is 1340. The lowest BCUT2D eigenvalue weighted by Gasteiger charge is -2.29. The molecule has 182 valence electrons. The monoisotopic (exact) mass is 474 g/mol. The van der Waals surface area contributed by atoms with Crippen molar-refractivity contribution in [1.82, 2.24) is 15.3 Å². The first-order valence-corrected chi connectivity index (χ1v) is 11.9. The number of carbonyl (C=O) groups excluding carboxylic acids is 1. The Morgan fingerprint density at radius 3 is 2.51 bits per heavy atom. The number of hydrogen-bond acceptors (Lipinski definition) is 7. The molecular formula is C27H30N4O4. The van der Waals surface area contributed by atoms with Gasteiger partial charge in [0.15, 0.2) is 5.69 Å². The molecule has 2 aromatic heterocycles. The second kappa shape index (κ2) is 9.93. The highest BCUT2D eigenvalue weighted by Gasteiger charge is 2.21. The Labute approximate surface area is 204 Å². The number of methoxy groups -OCH3 is 1. The maximum atomic E-state index is 12.7. The molecule has 1 aliphatic heterocycles. The third-order valence-electron chi connectivity index (χ3n) is 6.09. The largest absolute Gasteiger partial charge is 0.458 e. The number of fused-ring (bicyclic) bond motifs is 3. The molecule has 3 heterocycles. The minimum Gasteiger partial charge on any atom is -0.458 e. The van der Waals surface area contributed by atoms with Crippen molar-refractivity contribution in [2.45, 2.75) is 26.6 Å². The molecule has 1 aliphatic rings. The lowest BCUT2D eigenvalue weighted by atomic mass is 10.1. The number of pyridine rings is 1. The summed E-state index contributed by atoms with van der Waals surface area (Å²) in [5.74, 6) is 1.02. The number of carbonyl (C=O) groups is 1. The zero-order valence-corrected chi connectivity index (χ0v) is 20.3. The zero-order chi connectivity index (χ0) is 24.4. The molecule has 2 aromatic carbocycles. The topological polar surface area (TPSA) is 88.7 Å². The summed E-state index contributed by atoms with van der Waals surface area (Å²) in [5, 5.41) is 5.19. The average Bonchev–Trinajstić information content (AvgIpc) is 3.23. The van der Waals surface area contributed by atoms with Crippen molar-refractivity contribution in [3.05, 3.63) is 59.9 Å². The summed E-state index contributed by atoms with van der Waals surface area (Å²) < 4.78 is 17.0. The molecule has 2 N–H and O–H groups in total. The molecule has 1 saturated heterocycles. The number of ether oxygens (including phenoxy) is 3. The number of aromatic nitrogens is 2. The molecule has 0 unspecified atom stereocenters. The first-order valence-electron chi connectivity index (χ1n) is 11.9. The molecule has 1 fully saturated rings. The van der Waals surface area contributed by atoms with E-state index >= 15 is 0 Å². The Kier molecular flexibility index (Phi) is 6.57. The SMILES string of the molecule is COCc1c(C(=O)OC(C)C)ncc2[nH]c3ccc(Oc4ccc(N5CCNCC5)cc4)cc3c12. The predicted octanol–water partition coefficient (Wildman–Crippen LogP) is 4.63. The van der Waals surface area contributed by atoms with Crippen LogP contribution in [0, 0.1) is 0 Å². The summed E-state index contributed by atoms with van der Waals surface area (Å²) in [6, 6.07) is 14.1. The summed E-state index contributed by atoms with van der Waals surface area (Å²) in [4.78, 5) is 22.9. The highest BCUT2D eigenvalue weighted by Crippen LogP contribution is 2.34. The van der Waals surface area contributed by atoms with Crippen LogP contribution in [-0.4, -0.2) is 55.3 Å². The van der Waals surface area contributed by atoms with Crippen LogP contribution in [0.5, 0.6) is 11.5 Å². The van der Waals surface area contributed by atoms with Crippen molar-refractivity contribution < 1.29 is 19.0 Å². The van der Waals surface area contributed by atoms with Gasteiger partial charge in [0.25, 0.3) is 0 Å². The molecule has 0 radical (unpaired) electrons. The van der Waals surface area contributed by atoms with Gasteiger partial charge in [0.2, 0.25) is 0 Å². The van der Waals surface area contributed by atoms with Gasteiger partial charge in [-0.3, -0.25) is 0 Å². The Morgan fingerprint density at radius 1 is 1.06 bits per heavy atom. The normalized spacial score (nSPS) is 14.1. The van der Waals surface area contributed by atoms with Crippen molar-refractivity contribution in [3.63, 3.8) is 0 Å². The minimum absolute atomic E-state index is 0.235. The fourth-order valence-corrected chi connectivity index (χ4v) is 4.52. The maximum absolute atomic E-state index is 12.7. The second-order valence-corrected chi connectivity index (χ2v) is 8.93.